The van der Waals surface area contributed by atoms with E-state index in [1.165, 1.54) is 64.3 Å². The topological polar surface area (TPSA) is 3.24 Å². The van der Waals surface area contributed by atoms with E-state index in [0.29, 0.717) is 0 Å². The fourth-order valence-electron chi connectivity index (χ4n) is 6.90. The van der Waals surface area contributed by atoms with E-state index in [4.69, 9.17) is 0 Å². The number of fused-ring (bicyclic) bond motifs is 5. The minimum Gasteiger partial charge on any atom is -0.310 e. The van der Waals surface area contributed by atoms with Gasteiger partial charge in [-0.1, -0.05) is 140 Å². The largest absolute Gasteiger partial charge is 0.310 e. The molecule has 0 aliphatic rings. The summed E-state index contributed by atoms with van der Waals surface area (Å²) in [5, 5.41) is 5.16. The van der Waals surface area contributed by atoms with Crippen LogP contribution in [0.3, 0.4) is 0 Å². The van der Waals surface area contributed by atoms with Crippen LogP contribution in [0.1, 0.15) is 0 Å². The average molecular weight is 630 g/mol. The van der Waals surface area contributed by atoms with Crippen LogP contribution >= 0.6 is 11.3 Å². The van der Waals surface area contributed by atoms with Gasteiger partial charge in [0.05, 0.1) is 0 Å². The highest BCUT2D eigenvalue weighted by atomic mass is 32.1. The van der Waals surface area contributed by atoms with Crippen molar-refractivity contribution in [3.8, 4) is 33.4 Å². The van der Waals surface area contributed by atoms with Crippen molar-refractivity contribution in [3.05, 3.63) is 188 Å². The summed E-state index contributed by atoms with van der Waals surface area (Å²) in [5.74, 6) is 0. The van der Waals surface area contributed by atoms with Crippen molar-refractivity contribution in [2.24, 2.45) is 0 Å². The van der Waals surface area contributed by atoms with Gasteiger partial charge in [-0.15, -0.1) is 11.3 Å². The Balaban J connectivity index is 1.25. The quantitative estimate of drug-likeness (QED) is 0.177. The second kappa shape index (κ2) is 12.0. The first-order chi connectivity index (χ1) is 23.8. The molecule has 1 heterocycles. The van der Waals surface area contributed by atoms with Gasteiger partial charge in [0, 0.05) is 42.6 Å². The van der Waals surface area contributed by atoms with E-state index in [2.05, 4.69) is 193 Å². The molecular weight excluding hydrogens is 599 g/mol. The maximum absolute atomic E-state index is 2.40. The number of anilines is 3. The van der Waals surface area contributed by atoms with Crippen LogP contribution in [-0.4, -0.2) is 0 Å². The molecule has 0 atom stereocenters. The molecule has 0 radical (unpaired) electrons. The van der Waals surface area contributed by atoms with Crippen LogP contribution in [0.25, 0.3) is 64.3 Å². The lowest BCUT2D eigenvalue weighted by atomic mass is 9.95. The van der Waals surface area contributed by atoms with E-state index >= 15 is 0 Å². The molecule has 0 aliphatic carbocycles. The highest BCUT2D eigenvalue weighted by Gasteiger charge is 2.18. The molecule has 9 rings (SSSR count). The molecule has 0 saturated carbocycles. The maximum Gasteiger partial charge on any atom is 0.0468 e. The minimum atomic E-state index is 1.12. The monoisotopic (exact) mass is 629 g/mol. The molecule has 0 aliphatic heterocycles. The Hall–Kier alpha value is -5.96. The highest BCUT2D eigenvalue weighted by Crippen LogP contribution is 2.45. The van der Waals surface area contributed by atoms with Gasteiger partial charge < -0.3 is 4.90 Å². The summed E-state index contributed by atoms with van der Waals surface area (Å²) in [4.78, 5) is 2.39. The standard InChI is InChI=1S/C46H31NS/c1-4-12-32(13-5-1)34-20-24-37(25-21-34)47(38-26-22-35(23-27-38)33-14-6-2-7-15-33)39-28-29-40-42(36-16-8-3-9-17-36)31-44-41-18-10-11-19-45(41)48-46(44)43(40)30-39/h1-31H. The van der Waals surface area contributed by atoms with Crippen LogP contribution < -0.4 is 4.90 Å². The molecule has 0 saturated heterocycles. The summed E-state index contributed by atoms with van der Waals surface area (Å²) in [7, 11) is 0. The zero-order valence-corrected chi connectivity index (χ0v) is 27.1. The maximum atomic E-state index is 2.40. The van der Waals surface area contributed by atoms with Crippen molar-refractivity contribution in [1.82, 2.24) is 0 Å². The third kappa shape index (κ3) is 5.04. The molecule has 0 spiro atoms. The van der Waals surface area contributed by atoms with Gasteiger partial charge in [-0.05, 0) is 87.3 Å². The normalized spacial score (nSPS) is 11.3. The third-order valence-electron chi connectivity index (χ3n) is 9.27. The number of nitrogens with zero attached hydrogens (tertiary/aromatic N) is 1. The number of hydrogen-bond acceptors (Lipinski definition) is 2. The highest BCUT2D eigenvalue weighted by molar-refractivity contribution is 7.26. The number of hydrogen-bond donors (Lipinski definition) is 0. The summed E-state index contributed by atoms with van der Waals surface area (Å²) in [5.41, 5.74) is 10.7. The fourth-order valence-corrected chi connectivity index (χ4v) is 8.11. The molecule has 226 valence electrons. The smallest absolute Gasteiger partial charge is 0.0468 e. The van der Waals surface area contributed by atoms with Crippen LogP contribution in [0.15, 0.2) is 188 Å². The van der Waals surface area contributed by atoms with Crippen molar-refractivity contribution in [2.45, 2.75) is 0 Å². The zero-order valence-electron chi connectivity index (χ0n) is 26.3. The fraction of sp³-hybridized carbons (Fsp3) is 0. The summed E-state index contributed by atoms with van der Waals surface area (Å²) in [6, 6.07) is 68.0. The second-order valence-corrected chi connectivity index (χ2v) is 13.2. The molecule has 0 bridgehead atoms. The Kier molecular flexibility index (Phi) is 7.07. The van der Waals surface area contributed by atoms with E-state index in [9.17, 15) is 0 Å². The molecule has 8 aromatic carbocycles. The number of thiophene rings is 1. The Morgan fingerprint density at radius 2 is 0.771 bits per heavy atom. The van der Waals surface area contributed by atoms with Crippen LogP contribution in [0.5, 0.6) is 0 Å². The molecule has 1 aromatic heterocycles. The first-order valence-corrected chi connectivity index (χ1v) is 17.2. The summed E-state index contributed by atoms with van der Waals surface area (Å²) >= 11 is 1.89. The van der Waals surface area contributed by atoms with E-state index in [1.54, 1.807) is 0 Å². The Morgan fingerprint density at radius 1 is 0.312 bits per heavy atom. The predicted molar refractivity (Wildman–Crippen MR) is 208 cm³/mol. The van der Waals surface area contributed by atoms with E-state index < -0.39 is 0 Å². The molecule has 2 heteroatoms. The van der Waals surface area contributed by atoms with E-state index in [0.717, 1.165) is 17.1 Å². The molecule has 1 nitrogen and oxygen atoms in total. The molecule has 0 unspecified atom stereocenters. The van der Waals surface area contributed by atoms with Crippen molar-refractivity contribution < 1.29 is 0 Å². The zero-order chi connectivity index (χ0) is 31.9. The SMILES string of the molecule is c1ccc(-c2ccc(N(c3ccc(-c4ccccc4)cc3)c3ccc4c(-c5ccccc5)cc5c6ccccc6sc5c4c3)cc2)cc1. The van der Waals surface area contributed by atoms with Gasteiger partial charge in [-0.2, -0.15) is 0 Å². The first-order valence-electron chi connectivity index (χ1n) is 16.3. The Bertz CT molecular complexity index is 2430. The molecule has 9 aromatic rings. The lowest BCUT2D eigenvalue weighted by molar-refractivity contribution is 1.29. The Morgan fingerprint density at radius 3 is 1.35 bits per heavy atom. The van der Waals surface area contributed by atoms with Gasteiger partial charge in [0.2, 0.25) is 0 Å². The van der Waals surface area contributed by atoms with Crippen LogP contribution in [0, 0.1) is 0 Å². The summed E-state index contributed by atoms with van der Waals surface area (Å²) < 4.78 is 2.64. The summed E-state index contributed by atoms with van der Waals surface area (Å²) in [6.45, 7) is 0. The average Bonchev–Trinajstić information content (AvgIpc) is 3.55. The van der Waals surface area contributed by atoms with Gasteiger partial charge in [-0.25, -0.2) is 0 Å². The lowest BCUT2D eigenvalue weighted by Crippen LogP contribution is -2.10. The molecular formula is C46H31NS. The van der Waals surface area contributed by atoms with Gasteiger partial charge in [-0.3, -0.25) is 0 Å². The first kappa shape index (κ1) is 28.3. The second-order valence-electron chi connectivity index (χ2n) is 12.2. The third-order valence-corrected chi connectivity index (χ3v) is 10.5. The Labute approximate surface area is 284 Å². The van der Waals surface area contributed by atoms with Crippen LogP contribution in [0.4, 0.5) is 17.1 Å². The van der Waals surface area contributed by atoms with E-state index in [1.807, 2.05) is 11.3 Å². The van der Waals surface area contributed by atoms with Gasteiger partial charge in [0.15, 0.2) is 0 Å². The van der Waals surface area contributed by atoms with Gasteiger partial charge >= 0.3 is 0 Å². The molecule has 48 heavy (non-hydrogen) atoms. The van der Waals surface area contributed by atoms with Gasteiger partial charge in [0.1, 0.15) is 0 Å². The minimum absolute atomic E-state index is 1.12. The van der Waals surface area contributed by atoms with Gasteiger partial charge in [0.25, 0.3) is 0 Å². The lowest BCUT2D eigenvalue weighted by Gasteiger charge is -2.26. The molecule has 0 fully saturated rings. The van der Waals surface area contributed by atoms with Crippen molar-refractivity contribution in [2.75, 3.05) is 4.90 Å². The van der Waals surface area contributed by atoms with Crippen molar-refractivity contribution in [1.29, 1.82) is 0 Å². The predicted octanol–water partition coefficient (Wildman–Crippen LogP) is 13.7. The van der Waals surface area contributed by atoms with Crippen molar-refractivity contribution in [3.63, 3.8) is 0 Å². The van der Waals surface area contributed by atoms with E-state index in [-0.39, 0.29) is 0 Å². The molecule has 0 amide bonds. The van der Waals surface area contributed by atoms with Crippen LogP contribution in [0.2, 0.25) is 0 Å². The summed E-state index contributed by atoms with van der Waals surface area (Å²) in [6.07, 6.45) is 0. The van der Waals surface area contributed by atoms with Crippen LogP contribution in [-0.2, 0) is 0 Å². The van der Waals surface area contributed by atoms with Crippen molar-refractivity contribution >= 4 is 59.3 Å². The number of benzene rings is 8. The molecule has 0 N–H and O–H groups in total. The number of rotatable bonds is 6.